The van der Waals surface area contributed by atoms with Crippen LogP contribution in [-0.4, -0.2) is 46.7 Å². The Morgan fingerprint density at radius 3 is 2.72 bits per heavy atom. The number of hydrogen-bond donors (Lipinski definition) is 1. The Labute approximate surface area is 210 Å². The van der Waals surface area contributed by atoms with Crippen LogP contribution in [0.3, 0.4) is 0 Å². The third-order valence-electron chi connectivity index (χ3n) is 6.22. The molecule has 0 saturated carbocycles. The normalized spacial score (nSPS) is 15.6. The molecule has 0 bridgehead atoms. The van der Waals surface area contributed by atoms with E-state index in [0.29, 0.717) is 48.1 Å². The van der Waals surface area contributed by atoms with Gasteiger partial charge in [-0.3, -0.25) is 14.8 Å². The molecule has 0 aliphatic carbocycles. The van der Waals surface area contributed by atoms with E-state index < -0.39 is 5.41 Å². The van der Waals surface area contributed by atoms with Crippen molar-refractivity contribution in [3.05, 3.63) is 65.4 Å². The van der Waals surface area contributed by atoms with Gasteiger partial charge in [-0.25, -0.2) is 4.98 Å². The number of amides is 1. The Morgan fingerprint density at radius 2 is 2.00 bits per heavy atom. The summed E-state index contributed by atoms with van der Waals surface area (Å²) < 4.78 is 5.51. The average molecular weight is 482 g/mol. The van der Waals surface area contributed by atoms with E-state index in [4.69, 9.17) is 4.74 Å². The molecule has 1 fully saturated rings. The highest BCUT2D eigenvalue weighted by molar-refractivity contribution is 6.04. The van der Waals surface area contributed by atoms with Gasteiger partial charge in [-0.15, -0.1) is 0 Å². The van der Waals surface area contributed by atoms with Crippen LogP contribution in [-0.2, 0) is 10.2 Å². The molecule has 4 heterocycles. The predicted molar refractivity (Wildman–Crippen MR) is 135 cm³/mol. The second-order valence-corrected chi connectivity index (χ2v) is 9.30. The summed E-state index contributed by atoms with van der Waals surface area (Å²) in [5.74, 6) is 0.303. The first kappa shape index (κ1) is 24.8. The zero-order valence-electron chi connectivity index (χ0n) is 20.7. The van der Waals surface area contributed by atoms with E-state index in [0.717, 1.165) is 16.8 Å². The molecule has 1 aliphatic rings. The van der Waals surface area contributed by atoms with Crippen LogP contribution >= 0.6 is 0 Å². The first-order valence-electron chi connectivity index (χ1n) is 11.6. The summed E-state index contributed by atoms with van der Waals surface area (Å²) in [7, 11) is 0. The fourth-order valence-corrected chi connectivity index (χ4v) is 4.03. The molecule has 3 aromatic heterocycles. The van der Waals surface area contributed by atoms with Crippen LogP contribution in [0.1, 0.15) is 48.1 Å². The molecule has 182 valence electrons. The lowest BCUT2D eigenvalue weighted by atomic mass is 9.90. The number of pyridine rings is 3. The molecule has 1 saturated heterocycles. The minimum absolute atomic E-state index is 0.124. The fraction of sp³-hybridized carbons (Fsp3) is 0.333. The number of morpholine rings is 1. The first-order chi connectivity index (χ1) is 17.2. The molecule has 1 amide bonds. The largest absolute Gasteiger partial charge is 0.377 e. The monoisotopic (exact) mass is 481 g/mol. The van der Waals surface area contributed by atoms with E-state index in [1.807, 2.05) is 19.9 Å². The SMILES string of the molecule is Cc1ncc(NC(=O)c2ccnc(C(C)(C)C#N)c2)cc1-c1cnc(N2CCOC[C@@H]2C)c(C#N)c1. The van der Waals surface area contributed by atoms with E-state index in [2.05, 4.69) is 37.3 Å². The zero-order chi connectivity index (χ0) is 25.9. The van der Waals surface area contributed by atoms with Crippen LogP contribution in [0.5, 0.6) is 0 Å². The van der Waals surface area contributed by atoms with Crippen molar-refractivity contribution >= 4 is 17.4 Å². The van der Waals surface area contributed by atoms with Crippen molar-refractivity contribution in [1.82, 2.24) is 15.0 Å². The minimum atomic E-state index is -0.814. The molecule has 9 nitrogen and oxygen atoms in total. The minimum Gasteiger partial charge on any atom is -0.377 e. The van der Waals surface area contributed by atoms with Crippen molar-refractivity contribution in [2.75, 3.05) is 30.0 Å². The van der Waals surface area contributed by atoms with E-state index >= 15 is 0 Å². The second kappa shape index (κ2) is 10.1. The van der Waals surface area contributed by atoms with Crippen LogP contribution in [0.25, 0.3) is 11.1 Å². The Hall–Kier alpha value is -4.34. The maximum absolute atomic E-state index is 12.9. The van der Waals surface area contributed by atoms with Gasteiger partial charge in [0.25, 0.3) is 5.91 Å². The highest BCUT2D eigenvalue weighted by Crippen LogP contribution is 2.30. The Morgan fingerprint density at radius 1 is 1.19 bits per heavy atom. The van der Waals surface area contributed by atoms with Gasteiger partial charge in [0.05, 0.1) is 53.9 Å². The summed E-state index contributed by atoms with van der Waals surface area (Å²) in [6.07, 6.45) is 4.83. The third kappa shape index (κ3) is 5.02. The molecule has 0 spiro atoms. The summed E-state index contributed by atoms with van der Waals surface area (Å²) in [6, 6.07) is 11.4. The highest BCUT2D eigenvalue weighted by Gasteiger charge is 2.24. The maximum atomic E-state index is 12.9. The second-order valence-electron chi connectivity index (χ2n) is 9.30. The molecular weight excluding hydrogens is 454 g/mol. The number of hydrogen-bond acceptors (Lipinski definition) is 8. The molecule has 0 aromatic carbocycles. The predicted octanol–water partition coefficient (Wildman–Crippen LogP) is 4.00. The lowest BCUT2D eigenvalue weighted by molar-refractivity contribution is 0.0985. The van der Waals surface area contributed by atoms with E-state index in [9.17, 15) is 15.3 Å². The van der Waals surface area contributed by atoms with Gasteiger partial charge < -0.3 is 15.0 Å². The highest BCUT2D eigenvalue weighted by atomic mass is 16.5. The lowest BCUT2D eigenvalue weighted by Crippen LogP contribution is -2.44. The van der Waals surface area contributed by atoms with Gasteiger partial charge in [0.1, 0.15) is 11.9 Å². The van der Waals surface area contributed by atoms with Gasteiger partial charge in [0.15, 0.2) is 0 Å². The van der Waals surface area contributed by atoms with Crippen LogP contribution in [0.15, 0.2) is 42.9 Å². The standard InChI is InChI=1S/C27H27N7O2/c1-17-15-36-8-7-34(17)25-20(12-28)9-21(13-32-25)23-11-22(14-31-18(23)2)33-26(35)19-5-6-30-24(10-19)27(3,4)16-29/h5-6,9-11,13-14,17H,7-8,15H2,1-4H3,(H,33,35)/t17-/m0/s1. The molecule has 4 rings (SSSR count). The van der Waals surface area contributed by atoms with Crippen LogP contribution < -0.4 is 10.2 Å². The first-order valence-corrected chi connectivity index (χ1v) is 11.6. The molecule has 3 aromatic rings. The number of ether oxygens (including phenoxy) is 1. The number of carbonyl (C=O) groups is 1. The van der Waals surface area contributed by atoms with E-state index in [1.54, 1.807) is 44.4 Å². The number of aryl methyl sites for hydroxylation is 1. The van der Waals surface area contributed by atoms with Crippen molar-refractivity contribution in [3.8, 4) is 23.3 Å². The zero-order valence-corrected chi connectivity index (χ0v) is 20.7. The maximum Gasteiger partial charge on any atom is 0.255 e. The molecule has 1 N–H and O–H groups in total. The molecule has 1 aliphatic heterocycles. The van der Waals surface area contributed by atoms with Crippen molar-refractivity contribution < 1.29 is 9.53 Å². The number of nitriles is 2. The Balaban J connectivity index is 1.61. The van der Waals surface area contributed by atoms with Crippen molar-refractivity contribution in [3.63, 3.8) is 0 Å². The van der Waals surface area contributed by atoms with Gasteiger partial charge in [-0.05, 0) is 52.0 Å². The fourth-order valence-electron chi connectivity index (χ4n) is 4.03. The number of nitrogens with one attached hydrogen (secondary N) is 1. The van der Waals surface area contributed by atoms with Gasteiger partial charge in [0.2, 0.25) is 0 Å². The van der Waals surface area contributed by atoms with E-state index in [-0.39, 0.29) is 11.9 Å². The summed E-state index contributed by atoms with van der Waals surface area (Å²) in [6.45, 7) is 9.27. The Bertz CT molecular complexity index is 1390. The van der Waals surface area contributed by atoms with Crippen molar-refractivity contribution in [1.29, 1.82) is 10.5 Å². The average Bonchev–Trinajstić information content (AvgIpc) is 2.90. The lowest BCUT2D eigenvalue weighted by Gasteiger charge is -2.34. The van der Waals surface area contributed by atoms with Crippen LogP contribution in [0, 0.1) is 29.6 Å². The summed E-state index contributed by atoms with van der Waals surface area (Å²) >= 11 is 0. The molecular formula is C27H27N7O2. The summed E-state index contributed by atoms with van der Waals surface area (Å²) in [4.78, 5) is 28.3. The van der Waals surface area contributed by atoms with Gasteiger partial charge in [0, 0.05) is 41.3 Å². The van der Waals surface area contributed by atoms with Crippen LogP contribution in [0.2, 0.25) is 0 Å². The topological polar surface area (TPSA) is 128 Å². The van der Waals surface area contributed by atoms with Crippen molar-refractivity contribution in [2.45, 2.75) is 39.2 Å². The quantitative estimate of drug-likeness (QED) is 0.579. The van der Waals surface area contributed by atoms with Gasteiger partial charge in [-0.1, -0.05) is 0 Å². The summed E-state index contributed by atoms with van der Waals surface area (Å²) in [5, 5.41) is 22.1. The number of carbonyl (C=O) groups excluding carboxylic acids is 1. The molecule has 9 heteroatoms. The number of rotatable bonds is 5. The van der Waals surface area contributed by atoms with Crippen LogP contribution in [0.4, 0.5) is 11.5 Å². The summed E-state index contributed by atoms with van der Waals surface area (Å²) in [5.41, 5.74) is 3.31. The molecule has 36 heavy (non-hydrogen) atoms. The third-order valence-corrected chi connectivity index (χ3v) is 6.22. The molecule has 0 unspecified atom stereocenters. The molecule has 0 radical (unpaired) electrons. The van der Waals surface area contributed by atoms with Gasteiger partial charge in [-0.2, -0.15) is 10.5 Å². The number of anilines is 2. The van der Waals surface area contributed by atoms with Gasteiger partial charge >= 0.3 is 0 Å². The van der Waals surface area contributed by atoms with Crippen molar-refractivity contribution in [2.24, 2.45) is 0 Å². The molecule has 1 atom stereocenters. The number of nitrogens with zero attached hydrogens (tertiary/aromatic N) is 6. The van der Waals surface area contributed by atoms with E-state index in [1.165, 1.54) is 6.20 Å². The Kier molecular flexibility index (Phi) is 6.96. The smallest absolute Gasteiger partial charge is 0.255 e. The number of aromatic nitrogens is 3.